The summed E-state index contributed by atoms with van der Waals surface area (Å²) in [6.07, 6.45) is 1.33. The van der Waals surface area contributed by atoms with E-state index in [0.29, 0.717) is 44.2 Å². The lowest BCUT2D eigenvalue weighted by atomic mass is 10.0. The van der Waals surface area contributed by atoms with Crippen molar-refractivity contribution < 1.29 is 18.7 Å². The lowest BCUT2D eigenvalue weighted by Crippen LogP contribution is -2.11. The summed E-state index contributed by atoms with van der Waals surface area (Å²) in [6, 6.07) is 32.3. The second-order valence-corrected chi connectivity index (χ2v) is 10.4. The molecular formula is C35H20N8O4. The molecule has 0 saturated carbocycles. The summed E-state index contributed by atoms with van der Waals surface area (Å²) in [5.74, 6) is -0.396. The number of nitriles is 1. The topological polar surface area (TPSA) is 168 Å². The average molecular weight is 617 g/mol. The first-order valence-corrected chi connectivity index (χ1v) is 14.3. The Morgan fingerprint density at radius 1 is 0.851 bits per heavy atom. The number of carbonyl (C=O) groups is 1. The number of oxazole rings is 2. The number of para-hydroxylation sites is 5. The zero-order valence-electron chi connectivity index (χ0n) is 24.2. The van der Waals surface area contributed by atoms with Crippen LogP contribution in [0.3, 0.4) is 0 Å². The van der Waals surface area contributed by atoms with E-state index in [1.807, 2.05) is 42.5 Å². The third kappa shape index (κ3) is 4.90. The van der Waals surface area contributed by atoms with Crippen LogP contribution >= 0.6 is 0 Å². The molecule has 12 nitrogen and oxygen atoms in total. The fourth-order valence-corrected chi connectivity index (χ4v) is 5.20. The maximum atomic E-state index is 13.2. The quantitative estimate of drug-likeness (QED) is 0.176. The fourth-order valence-electron chi connectivity index (χ4n) is 5.20. The molecule has 8 aromatic rings. The third-order valence-electron chi connectivity index (χ3n) is 7.48. The number of hydrogen-bond donors (Lipinski definition) is 2. The molecule has 0 saturated heterocycles. The Kier molecular flexibility index (Phi) is 6.48. The Morgan fingerprint density at radius 2 is 1.57 bits per heavy atom. The predicted molar refractivity (Wildman–Crippen MR) is 173 cm³/mol. The standard InChI is InChI=1S/C35H20N8O4/c36-18-22-19-37-43(35-40-27-11-5-7-13-29(27)47-35)32(22)42-41-30-24-15-14-20(33(45)38-23-8-2-1-3-9-23)16-21(24)17-25(31(30)44)34-39-26-10-4-6-12-28(26)46-34/h1-17,19,44H,(H,38,45). The van der Waals surface area contributed by atoms with E-state index in [1.54, 1.807) is 60.7 Å². The van der Waals surface area contributed by atoms with Gasteiger partial charge in [-0.2, -0.15) is 20.0 Å². The minimum atomic E-state index is -0.321. The number of azo groups is 1. The normalized spacial score (nSPS) is 11.5. The van der Waals surface area contributed by atoms with Gasteiger partial charge in [0.05, 0.1) is 11.8 Å². The number of phenolic OH excluding ortho intramolecular Hbond substituents is 1. The van der Waals surface area contributed by atoms with Gasteiger partial charge in [0.2, 0.25) is 11.7 Å². The molecule has 3 heterocycles. The Bertz CT molecular complexity index is 2490. The van der Waals surface area contributed by atoms with E-state index in [-0.39, 0.29) is 46.2 Å². The van der Waals surface area contributed by atoms with E-state index in [4.69, 9.17) is 8.83 Å². The summed E-state index contributed by atoms with van der Waals surface area (Å²) in [6.45, 7) is 0. The van der Waals surface area contributed by atoms with Crippen LogP contribution in [0.1, 0.15) is 15.9 Å². The van der Waals surface area contributed by atoms with Crippen molar-refractivity contribution in [3.8, 4) is 29.3 Å². The molecule has 8 rings (SSSR count). The van der Waals surface area contributed by atoms with Gasteiger partial charge in [0.25, 0.3) is 5.91 Å². The highest BCUT2D eigenvalue weighted by atomic mass is 16.4. The number of aromatic hydroxyl groups is 1. The zero-order chi connectivity index (χ0) is 31.9. The van der Waals surface area contributed by atoms with Crippen molar-refractivity contribution in [2.24, 2.45) is 10.2 Å². The summed E-state index contributed by atoms with van der Waals surface area (Å²) in [4.78, 5) is 22.2. The van der Waals surface area contributed by atoms with Gasteiger partial charge in [-0.25, -0.2) is 4.98 Å². The van der Waals surface area contributed by atoms with Crippen molar-refractivity contribution in [1.29, 1.82) is 5.26 Å². The number of nitrogens with zero attached hydrogens (tertiary/aromatic N) is 7. The highest BCUT2D eigenvalue weighted by molar-refractivity contribution is 6.09. The molecule has 0 aliphatic heterocycles. The largest absolute Gasteiger partial charge is 0.505 e. The number of carbonyl (C=O) groups excluding carboxylic acids is 1. The number of anilines is 1. The second kappa shape index (κ2) is 11.1. The number of rotatable bonds is 6. The smallest absolute Gasteiger partial charge is 0.325 e. The molecule has 12 heteroatoms. The van der Waals surface area contributed by atoms with Crippen LogP contribution in [-0.2, 0) is 0 Å². The van der Waals surface area contributed by atoms with E-state index in [9.17, 15) is 15.2 Å². The average Bonchev–Trinajstić information content (AvgIpc) is 3.84. The van der Waals surface area contributed by atoms with Gasteiger partial charge in [-0.05, 0) is 60.0 Å². The number of aromatic nitrogens is 4. The van der Waals surface area contributed by atoms with Gasteiger partial charge in [0.1, 0.15) is 28.4 Å². The van der Waals surface area contributed by atoms with Crippen molar-refractivity contribution in [3.63, 3.8) is 0 Å². The number of hydrogen-bond acceptors (Lipinski definition) is 10. The molecule has 0 unspecified atom stereocenters. The Balaban J connectivity index is 1.28. The lowest BCUT2D eigenvalue weighted by molar-refractivity contribution is 0.102. The molecule has 0 aliphatic rings. The molecule has 5 aromatic carbocycles. The molecule has 2 N–H and O–H groups in total. The van der Waals surface area contributed by atoms with E-state index >= 15 is 0 Å². The van der Waals surface area contributed by atoms with Crippen LogP contribution in [0, 0.1) is 11.3 Å². The molecule has 47 heavy (non-hydrogen) atoms. The maximum absolute atomic E-state index is 13.2. The van der Waals surface area contributed by atoms with Gasteiger partial charge in [-0.3, -0.25) is 4.79 Å². The van der Waals surface area contributed by atoms with Crippen LogP contribution < -0.4 is 5.32 Å². The molecule has 0 radical (unpaired) electrons. The fraction of sp³-hybridized carbons (Fsp3) is 0. The van der Waals surface area contributed by atoms with Crippen LogP contribution in [0.15, 0.2) is 128 Å². The predicted octanol–water partition coefficient (Wildman–Crippen LogP) is 8.22. The summed E-state index contributed by atoms with van der Waals surface area (Å²) in [5, 5.41) is 38.4. The Morgan fingerprint density at radius 3 is 2.32 bits per heavy atom. The van der Waals surface area contributed by atoms with Crippen LogP contribution in [0.4, 0.5) is 17.2 Å². The van der Waals surface area contributed by atoms with E-state index < -0.39 is 0 Å². The van der Waals surface area contributed by atoms with E-state index in [1.165, 1.54) is 10.9 Å². The van der Waals surface area contributed by atoms with Crippen LogP contribution in [0.2, 0.25) is 0 Å². The minimum absolute atomic E-state index is 0.0396. The van der Waals surface area contributed by atoms with Crippen molar-refractivity contribution >= 4 is 56.1 Å². The van der Waals surface area contributed by atoms with Crippen LogP contribution in [0.5, 0.6) is 5.75 Å². The summed E-state index contributed by atoms with van der Waals surface area (Å²) in [7, 11) is 0. The maximum Gasteiger partial charge on any atom is 0.325 e. The number of fused-ring (bicyclic) bond motifs is 3. The Hall–Kier alpha value is -7.13. The van der Waals surface area contributed by atoms with Gasteiger partial charge < -0.3 is 19.3 Å². The highest BCUT2D eigenvalue weighted by Crippen LogP contribution is 2.44. The molecule has 224 valence electrons. The SMILES string of the molecule is N#Cc1cnn(-c2nc3ccccc3o2)c1N=Nc1c(O)c(-c2nc3ccccc3o2)cc2cc(C(=O)Nc3ccccc3)ccc12. The van der Waals surface area contributed by atoms with Gasteiger partial charge in [0, 0.05) is 16.6 Å². The van der Waals surface area contributed by atoms with Crippen LogP contribution in [-0.4, -0.2) is 30.8 Å². The molecular weight excluding hydrogens is 596 g/mol. The van der Waals surface area contributed by atoms with Gasteiger partial charge in [0.15, 0.2) is 16.9 Å². The van der Waals surface area contributed by atoms with E-state index in [2.05, 4.69) is 36.7 Å². The van der Waals surface area contributed by atoms with Crippen molar-refractivity contribution in [2.75, 3.05) is 5.32 Å². The molecule has 0 spiro atoms. The van der Waals surface area contributed by atoms with Crippen molar-refractivity contribution in [2.45, 2.75) is 0 Å². The monoisotopic (exact) mass is 616 g/mol. The summed E-state index contributed by atoms with van der Waals surface area (Å²) in [5.41, 5.74) is 3.68. The second-order valence-electron chi connectivity index (χ2n) is 10.4. The molecule has 0 atom stereocenters. The first-order chi connectivity index (χ1) is 23.1. The molecule has 0 bridgehead atoms. The third-order valence-corrected chi connectivity index (χ3v) is 7.48. The molecule has 0 aliphatic carbocycles. The van der Waals surface area contributed by atoms with Gasteiger partial charge in [-0.1, -0.05) is 48.5 Å². The first-order valence-electron chi connectivity index (χ1n) is 14.3. The van der Waals surface area contributed by atoms with Crippen molar-refractivity contribution in [1.82, 2.24) is 19.7 Å². The number of phenols is 1. The molecule has 1 amide bonds. The van der Waals surface area contributed by atoms with Gasteiger partial charge >= 0.3 is 6.01 Å². The number of nitrogens with one attached hydrogen (secondary N) is 1. The zero-order valence-corrected chi connectivity index (χ0v) is 24.2. The number of benzene rings is 5. The minimum Gasteiger partial charge on any atom is -0.505 e. The molecule has 0 fully saturated rings. The lowest BCUT2D eigenvalue weighted by Gasteiger charge is -2.11. The first kappa shape index (κ1) is 27.4. The summed E-state index contributed by atoms with van der Waals surface area (Å²) >= 11 is 0. The van der Waals surface area contributed by atoms with Gasteiger partial charge in [-0.15, -0.1) is 10.2 Å². The Labute approximate surface area is 264 Å². The summed E-state index contributed by atoms with van der Waals surface area (Å²) < 4.78 is 13.1. The van der Waals surface area contributed by atoms with Crippen molar-refractivity contribution in [3.05, 3.63) is 120 Å². The van der Waals surface area contributed by atoms with E-state index in [0.717, 1.165) is 0 Å². The van der Waals surface area contributed by atoms with Crippen LogP contribution in [0.25, 0.3) is 50.4 Å². The molecule has 3 aromatic heterocycles. The number of amides is 1. The highest BCUT2D eigenvalue weighted by Gasteiger charge is 2.22.